The van der Waals surface area contributed by atoms with E-state index in [2.05, 4.69) is 4.90 Å². The minimum Gasteiger partial charge on any atom is -0.447 e. The van der Waals surface area contributed by atoms with Crippen molar-refractivity contribution < 1.29 is 23.1 Å². The Hall–Kier alpha value is -3.58. The Kier molecular flexibility index (Phi) is 6.59. The smallest absolute Gasteiger partial charge is 0.416 e. The summed E-state index contributed by atoms with van der Waals surface area (Å²) in [5.41, 5.74) is 2.64. The van der Waals surface area contributed by atoms with Crippen molar-refractivity contribution in [3.8, 4) is 0 Å². The fourth-order valence-corrected chi connectivity index (χ4v) is 5.13. The largest absolute Gasteiger partial charge is 0.447 e. The fourth-order valence-electron chi connectivity index (χ4n) is 5.13. The molecular weight excluding hydrogens is 450 g/mol. The third-order valence-corrected chi connectivity index (χ3v) is 6.85. The number of hydrogen-bond donors (Lipinski definition) is 0. The first-order valence-electron chi connectivity index (χ1n) is 11.7. The summed E-state index contributed by atoms with van der Waals surface area (Å²) in [6, 6.07) is 22.9. The lowest BCUT2D eigenvalue weighted by atomic mass is 9.87. The summed E-state index contributed by atoms with van der Waals surface area (Å²) in [5, 5.41) is 0. The van der Waals surface area contributed by atoms with E-state index in [1.54, 1.807) is 0 Å². The van der Waals surface area contributed by atoms with Gasteiger partial charge in [0, 0.05) is 25.6 Å². The van der Waals surface area contributed by atoms with Crippen molar-refractivity contribution in [1.29, 1.82) is 0 Å². The third-order valence-electron chi connectivity index (χ3n) is 6.85. The summed E-state index contributed by atoms with van der Waals surface area (Å²) in [6.07, 6.45) is -0.157. The molecule has 0 N–H and O–H groups in total. The van der Waals surface area contributed by atoms with E-state index < -0.39 is 29.7 Å². The topological polar surface area (TPSA) is 49.9 Å². The van der Waals surface area contributed by atoms with Crippen LogP contribution in [-0.2, 0) is 22.5 Å². The lowest BCUT2D eigenvalue weighted by Gasteiger charge is -2.26. The highest BCUT2D eigenvalue weighted by Gasteiger charge is 2.46. The van der Waals surface area contributed by atoms with Gasteiger partial charge in [0.1, 0.15) is 6.61 Å². The summed E-state index contributed by atoms with van der Waals surface area (Å²) in [5.74, 6) is -3.18. The van der Waals surface area contributed by atoms with E-state index in [4.69, 9.17) is 4.74 Å². The van der Waals surface area contributed by atoms with Crippen LogP contribution in [0.25, 0.3) is 0 Å². The molecule has 0 saturated carbocycles. The van der Waals surface area contributed by atoms with Gasteiger partial charge in [0.2, 0.25) is 5.91 Å². The molecule has 7 heteroatoms. The van der Waals surface area contributed by atoms with Gasteiger partial charge in [-0.15, -0.1) is 0 Å². The van der Waals surface area contributed by atoms with Gasteiger partial charge in [0.15, 0.2) is 11.6 Å². The number of imide groups is 1. The second-order valence-corrected chi connectivity index (χ2v) is 9.19. The van der Waals surface area contributed by atoms with Gasteiger partial charge in [-0.2, -0.15) is 0 Å². The molecular formula is C28H26F2N2O3. The Morgan fingerprint density at radius 3 is 2.26 bits per heavy atom. The first-order chi connectivity index (χ1) is 17.0. The standard InChI is InChI=1S/C28H26F2N2O3/c29-25-12-11-21(14-26(25)30)23-16-31(15-20-9-5-2-6-10-20)17-24(23)27(33)32-22(18-35-28(32)34)13-19-7-3-1-4-8-19/h1-12,14,22-24H,13,15-18H2/t22-,23+,24-/m0/s1. The molecule has 5 rings (SSSR count). The molecule has 35 heavy (non-hydrogen) atoms. The van der Waals surface area contributed by atoms with Gasteiger partial charge in [0.25, 0.3) is 0 Å². The predicted octanol–water partition coefficient (Wildman–Crippen LogP) is 4.77. The number of rotatable bonds is 6. The molecule has 2 aliphatic heterocycles. The average molecular weight is 477 g/mol. The molecule has 0 bridgehead atoms. The van der Waals surface area contributed by atoms with E-state index in [9.17, 15) is 18.4 Å². The highest BCUT2D eigenvalue weighted by Crippen LogP contribution is 2.36. The van der Waals surface area contributed by atoms with Crippen LogP contribution in [0.3, 0.4) is 0 Å². The SMILES string of the molecule is O=C1OC[C@H](Cc2ccccc2)N1C(=O)[C@H]1CN(Cc2ccccc2)C[C@@H]1c1ccc(F)c(F)c1. The Morgan fingerprint density at radius 2 is 1.57 bits per heavy atom. The summed E-state index contributed by atoms with van der Waals surface area (Å²) in [4.78, 5) is 29.8. The van der Waals surface area contributed by atoms with Crippen LogP contribution in [0, 0.1) is 17.6 Å². The highest BCUT2D eigenvalue weighted by molar-refractivity contribution is 5.95. The van der Waals surface area contributed by atoms with Gasteiger partial charge >= 0.3 is 6.09 Å². The summed E-state index contributed by atoms with van der Waals surface area (Å²) in [7, 11) is 0. The highest BCUT2D eigenvalue weighted by atomic mass is 19.2. The Bertz CT molecular complexity index is 1210. The lowest BCUT2D eigenvalue weighted by molar-refractivity contribution is -0.133. The molecule has 3 aromatic carbocycles. The van der Waals surface area contributed by atoms with Gasteiger partial charge in [-0.1, -0.05) is 66.7 Å². The van der Waals surface area contributed by atoms with Crippen LogP contribution < -0.4 is 0 Å². The quantitative estimate of drug-likeness (QED) is 0.514. The molecule has 0 spiro atoms. The Balaban J connectivity index is 1.42. The summed E-state index contributed by atoms with van der Waals surface area (Å²) >= 11 is 0. The molecule has 2 aliphatic rings. The lowest BCUT2D eigenvalue weighted by Crippen LogP contribution is -2.45. The summed E-state index contributed by atoms with van der Waals surface area (Å²) < 4.78 is 33.0. The Labute approximate surface area is 202 Å². The maximum absolute atomic E-state index is 14.1. The van der Waals surface area contributed by atoms with E-state index in [1.165, 1.54) is 11.0 Å². The first-order valence-corrected chi connectivity index (χ1v) is 11.7. The van der Waals surface area contributed by atoms with Gasteiger partial charge < -0.3 is 4.74 Å². The number of halogens is 2. The van der Waals surface area contributed by atoms with Gasteiger partial charge in [-0.05, 0) is 35.2 Å². The molecule has 0 unspecified atom stereocenters. The number of nitrogens with zero attached hydrogens (tertiary/aromatic N) is 2. The van der Waals surface area contributed by atoms with Gasteiger partial charge in [-0.3, -0.25) is 9.69 Å². The number of benzene rings is 3. The van der Waals surface area contributed by atoms with Crippen LogP contribution in [0.4, 0.5) is 13.6 Å². The fraction of sp³-hybridized carbons (Fsp3) is 0.286. The van der Waals surface area contributed by atoms with Gasteiger partial charge in [0.05, 0.1) is 12.0 Å². The maximum Gasteiger partial charge on any atom is 0.416 e. The number of ether oxygens (including phenoxy) is 1. The van der Waals surface area contributed by atoms with Crippen LogP contribution in [0.15, 0.2) is 78.9 Å². The van der Waals surface area contributed by atoms with E-state index in [1.807, 2.05) is 60.7 Å². The third kappa shape index (κ3) is 4.95. The molecule has 5 nitrogen and oxygen atoms in total. The number of hydrogen-bond acceptors (Lipinski definition) is 4. The van der Waals surface area contributed by atoms with E-state index in [0.29, 0.717) is 31.6 Å². The predicted molar refractivity (Wildman–Crippen MR) is 126 cm³/mol. The second kappa shape index (κ2) is 9.96. The molecule has 0 aliphatic carbocycles. The van der Waals surface area contributed by atoms with E-state index in [0.717, 1.165) is 23.3 Å². The number of amides is 2. The minimum absolute atomic E-state index is 0.135. The molecule has 0 aromatic heterocycles. The van der Waals surface area contributed by atoms with Crippen molar-refractivity contribution in [1.82, 2.24) is 9.80 Å². The van der Waals surface area contributed by atoms with Crippen LogP contribution >= 0.6 is 0 Å². The molecule has 3 atom stereocenters. The molecule has 2 fully saturated rings. The van der Waals surface area contributed by atoms with Gasteiger partial charge in [-0.25, -0.2) is 18.5 Å². The second-order valence-electron chi connectivity index (χ2n) is 9.19. The monoisotopic (exact) mass is 476 g/mol. The normalized spacial score (nSPS) is 22.4. The first kappa shape index (κ1) is 23.2. The van der Waals surface area contributed by atoms with Crippen molar-refractivity contribution in [3.63, 3.8) is 0 Å². The zero-order valence-corrected chi connectivity index (χ0v) is 19.1. The van der Waals surface area contributed by atoms with Crippen molar-refractivity contribution in [3.05, 3.63) is 107 Å². The number of carbonyl (C=O) groups is 2. The average Bonchev–Trinajstić information content (AvgIpc) is 3.45. The zero-order chi connectivity index (χ0) is 24.4. The van der Waals surface area contributed by atoms with Crippen LogP contribution in [-0.4, -0.2) is 47.5 Å². The van der Waals surface area contributed by atoms with Crippen LogP contribution in [0.5, 0.6) is 0 Å². The molecule has 180 valence electrons. The number of cyclic esters (lactones) is 1. The van der Waals surface area contributed by atoms with E-state index in [-0.39, 0.29) is 18.4 Å². The summed E-state index contributed by atoms with van der Waals surface area (Å²) in [6.45, 7) is 1.64. The van der Waals surface area contributed by atoms with Crippen LogP contribution in [0.2, 0.25) is 0 Å². The molecule has 2 amide bonds. The molecule has 3 aromatic rings. The maximum atomic E-state index is 14.1. The van der Waals surface area contributed by atoms with Crippen molar-refractivity contribution in [2.75, 3.05) is 19.7 Å². The van der Waals surface area contributed by atoms with Crippen molar-refractivity contribution >= 4 is 12.0 Å². The molecule has 2 saturated heterocycles. The number of likely N-dealkylation sites (tertiary alicyclic amines) is 1. The van der Waals surface area contributed by atoms with Crippen molar-refractivity contribution in [2.45, 2.75) is 24.9 Å². The zero-order valence-electron chi connectivity index (χ0n) is 19.1. The molecule has 2 heterocycles. The molecule has 0 radical (unpaired) electrons. The minimum atomic E-state index is -0.947. The Morgan fingerprint density at radius 1 is 0.886 bits per heavy atom. The van der Waals surface area contributed by atoms with Crippen LogP contribution in [0.1, 0.15) is 22.6 Å². The number of carbonyl (C=O) groups excluding carboxylic acids is 2. The van der Waals surface area contributed by atoms with Crippen molar-refractivity contribution in [2.24, 2.45) is 5.92 Å². The van der Waals surface area contributed by atoms with E-state index >= 15 is 0 Å².